The Morgan fingerprint density at radius 2 is 1.60 bits per heavy atom. The molecule has 0 aliphatic heterocycles. The number of nitro groups is 1. The molecule has 0 aromatic heterocycles. The Morgan fingerprint density at radius 1 is 0.943 bits per heavy atom. The molecule has 3 aromatic carbocycles. The number of carbonyl (C=O) groups excluding carboxylic acids is 1. The van der Waals surface area contributed by atoms with Crippen LogP contribution in [-0.2, 0) is 21.2 Å². The Labute approximate surface area is 203 Å². The zero-order valence-electron chi connectivity index (χ0n) is 19.0. The monoisotopic (exact) mass is 499 g/mol. The van der Waals surface area contributed by atoms with Crippen LogP contribution in [0.25, 0.3) is 0 Å². The normalized spacial score (nSPS) is 10.9. The van der Waals surface area contributed by atoms with Crippen LogP contribution in [0.3, 0.4) is 0 Å². The van der Waals surface area contributed by atoms with Crippen molar-refractivity contribution in [3.8, 4) is 11.5 Å². The highest BCUT2D eigenvalue weighted by Gasteiger charge is 2.18. The first-order chi connectivity index (χ1) is 16.7. The molecule has 0 radical (unpaired) electrons. The van der Waals surface area contributed by atoms with E-state index in [-0.39, 0.29) is 41.9 Å². The number of benzene rings is 3. The third-order valence-corrected chi connectivity index (χ3v) is 5.91. The quantitative estimate of drug-likeness (QED) is 0.220. The second kappa shape index (κ2) is 11.8. The van der Waals surface area contributed by atoms with Crippen molar-refractivity contribution in [2.24, 2.45) is 0 Å². The van der Waals surface area contributed by atoms with Crippen molar-refractivity contribution >= 4 is 27.1 Å². The highest BCUT2D eigenvalue weighted by Crippen LogP contribution is 2.27. The standard InChI is InChI=1S/C24H25N3O7S/c1-35(31,32)21-11-12-22(23(15-21)27(29)30)25-13-14-26-24(28)17-34-20-9-7-19(8-10-20)33-16-18-5-3-2-4-6-18/h2-12,15,25H,13-14,16-17H2,1H3,(H,26,28). The molecule has 0 bridgehead atoms. The van der Waals surface area contributed by atoms with Crippen LogP contribution in [0.1, 0.15) is 5.56 Å². The summed E-state index contributed by atoms with van der Waals surface area (Å²) in [7, 11) is -3.57. The Balaban J connectivity index is 1.40. The Hall–Kier alpha value is -4.12. The highest BCUT2D eigenvalue weighted by molar-refractivity contribution is 7.90. The van der Waals surface area contributed by atoms with Gasteiger partial charge in [-0.15, -0.1) is 0 Å². The smallest absolute Gasteiger partial charge is 0.293 e. The minimum absolute atomic E-state index is 0.143. The van der Waals surface area contributed by atoms with Gasteiger partial charge < -0.3 is 20.1 Å². The third-order valence-electron chi connectivity index (χ3n) is 4.80. The van der Waals surface area contributed by atoms with Crippen molar-refractivity contribution in [3.63, 3.8) is 0 Å². The lowest BCUT2D eigenvalue weighted by atomic mass is 10.2. The molecule has 3 rings (SSSR count). The molecule has 0 saturated heterocycles. The SMILES string of the molecule is CS(=O)(=O)c1ccc(NCCNC(=O)COc2ccc(OCc3ccccc3)cc2)c([N+](=O)[O-])c1. The van der Waals surface area contributed by atoms with Gasteiger partial charge in [-0.05, 0) is 42.0 Å². The van der Waals surface area contributed by atoms with Crippen LogP contribution in [0.15, 0.2) is 77.7 Å². The Bertz CT molecular complexity index is 1260. The molecule has 3 aromatic rings. The molecule has 35 heavy (non-hydrogen) atoms. The van der Waals surface area contributed by atoms with Gasteiger partial charge in [0, 0.05) is 25.4 Å². The van der Waals surface area contributed by atoms with Gasteiger partial charge in [0.2, 0.25) is 0 Å². The van der Waals surface area contributed by atoms with Crippen molar-refractivity contribution in [3.05, 3.63) is 88.5 Å². The van der Waals surface area contributed by atoms with Crippen molar-refractivity contribution in [2.75, 3.05) is 31.3 Å². The first kappa shape index (κ1) is 25.5. The van der Waals surface area contributed by atoms with Gasteiger partial charge in [0.05, 0.1) is 9.82 Å². The van der Waals surface area contributed by atoms with Crippen LogP contribution in [-0.4, -0.2) is 45.2 Å². The predicted octanol–water partition coefficient (Wildman–Crippen LogP) is 3.18. The molecule has 0 heterocycles. The Morgan fingerprint density at radius 3 is 2.23 bits per heavy atom. The maximum absolute atomic E-state index is 12.0. The van der Waals surface area contributed by atoms with E-state index >= 15 is 0 Å². The van der Waals surface area contributed by atoms with E-state index in [0.29, 0.717) is 18.1 Å². The molecule has 0 unspecified atom stereocenters. The van der Waals surface area contributed by atoms with E-state index in [2.05, 4.69) is 10.6 Å². The molecule has 0 aliphatic carbocycles. The molecule has 0 fully saturated rings. The lowest BCUT2D eigenvalue weighted by Crippen LogP contribution is -2.32. The fourth-order valence-corrected chi connectivity index (χ4v) is 3.66. The highest BCUT2D eigenvalue weighted by atomic mass is 32.2. The number of nitrogens with one attached hydrogen (secondary N) is 2. The largest absolute Gasteiger partial charge is 0.489 e. The molecule has 0 saturated carbocycles. The van der Waals surface area contributed by atoms with Crippen molar-refractivity contribution < 1.29 is 27.6 Å². The predicted molar refractivity (Wildman–Crippen MR) is 130 cm³/mol. The fraction of sp³-hybridized carbons (Fsp3) is 0.208. The summed E-state index contributed by atoms with van der Waals surface area (Å²) in [5.74, 6) is 0.820. The molecule has 0 atom stereocenters. The second-order valence-corrected chi connectivity index (χ2v) is 9.54. The van der Waals surface area contributed by atoms with E-state index in [4.69, 9.17) is 9.47 Å². The lowest BCUT2D eigenvalue weighted by molar-refractivity contribution is -0.384. The van der Waals surface area contributed by atoms with Gasteiger partial charge in [0.25, 0.3) is 11.6 Å². The van der Waals surface area contributed by atoms with Gasteiger partial charge in [0.15, 0.2) is 16.4 Å². The van der Waals surface area contributed by atoms with Gasteiger partial charge in [-0.25, -0.2) is 8.42 Å². The van der Waals surface area contributed by atoms with Gasteiger partial charge in [-0.2, -0.15) is 0 Å². The first-order valence-electron chi connectivity index (χ1n) is 10.6. The zero-order chi connectivity index (χ0) is 25.3. The molecule has 2 N–H and O–H groups in total. The van der Waals surface area contributed by atoms with Gasteiger partial charge in [0.1, 0.15) is 23.8 Å². The van der Waals surface area contributed by atoms with E-state index in [1.54, 1.807) is 24.3 Å². The van der Waals surface area contributed by atoms with Crippen molar-refractivity contribution in [1.82, 2.24) is 5.32 Å². The number of ether oxygens (including phenoxy) is 2. The number of carbonyl (C=O) groups is 1. The molecule has 1 amide bonds. The minimum atomic E-state index is -3.57. The van der Waals surface area contributed by atoms with Crippen LogP contribution in [0, 0.1) is 10.1 Å². The van der Waals surface area contributed by atoms with Crippen LogP contribution in [0.5, 0.6) is 11.5 Å². The maximum Gasteiger partial charge on any atom is 0.293 e. The summed E-state index contributed by atoms with van der Waals surface area (Å²) >= 11 is 0. The fourth-order valence-electron chi connectivity index (χ4n) is 3.01. The average Bonchev–Trinajstić information content (AvgIpc) is 2.84. The van der Waals surface area contributed by atoms with Gasteiger partial charge in [-0.1, -0.05) is 30.3 Å². The van der Waals surface area contributed by atoms with E-state index < -0.39 is 14.8 Å². The van der Waals surface area contributed by atoms with Gasteiger partial charge >= 0.3 is 0 Å². The van der Waals surface area contributed by atoms with Crippen LogP contribution in [0.4, 0.5) is 11.4 Å². The Kier molecular flexibility index (Phi) is 8.63. The van der Waals surface area contributed by atoms with E-state index in [1.807, 2.05) is 30.3 Å². The zero-order valence-corrected chi connectivity index (χ0v) is 19.8. The average molecular weight is 500 g/mol. The number of rotatable bonds is 12. The molecule has 184 valence electrons. The van der Waals surface area contributed by atoms with Crippen molar-refractivity contribution in [2.45, 2.75) is 11.5 Å². The molecule has 0 spiro atoms. The second-order valence-electron chi connectivity index (χ2n) is 7.52. The summed E-state index contributed by atoms with van der Waals surface area (Å²) in [5.41, 5.74) is 0.848. The molecule has 0 aliphatic rings. The number of amides is 1. The number of nitrogens with zero attached hydrogens (tertiary/aromatic N) is 1. The van der Waals surface area contributed by atoms with E-state index in [9.17, 15) is 23.3 Å². The molecular weight excluding hydrogens is 474 g/mol. The van der Waals surface area contributed by atoms with E-state index in [1.165, 1.54) is 12.1 Å². The van der Waals surface area contributed by atoms with Crippen LogP contribution >= 0.6 is 0 Å². The maximum atomic E-state index is 12.0. The summed E-state index contributed by atoms with van der Waals surface area (Å²) in [6.45, 7) is 0.619. The number of nitro benzene ring substituents is 1. The number of hydrogen-bond donors (Lipinski definition) is 2. The number of hydrogen-bond acceptors (Lipinski definition) is 8. The third kappa shape index (κ3) is 8.00. The summed E-state index contributed by atoms with van der Waals surface area (Å²) < 4.78 is 34.4. The summed E-state index contributed by atoms with van der Waals surface area (Å²) in [6.07, 6.45) is 0.977. The lowest BCUT2D eigenvalue weighted by Gasteiger charge is -2.11. The molecular formula is C24H25N3O7S. The topological polar surface area (TPSA) is 137 Å². The van der Waals surface area contributed by atoms with Crippen molar-refractivity contribution in [1.29, 1.82) is 0 Å². The number of anilines is 1. The molecule has 10 nitrogen and oxygen atoms in total. The van der Waals surface area contributed by atoms with Gasteiger partial charge in [-0.3, -0.25) is 14.9 Å². The minimum Gasteiger partial charge on any atom is -0.489 e. The summed E-state index contributed by atoms with van der Waals surface area (Å²) in [4.78, 5) is 22.5. The summed E-state index contributed by atoms with van der Waals surface area (Å²) in [5, 5.41) is 16.7. The van der Waals surface area contributed by atoms with Crippen LogP contribution in [0.2, 0.25) is 0 Å². The number of sulfone groups is 1. The molecule has 11 heteroatoms. The van der Waals surface area contributed by atoms with E-state index in [0.717, 1.165) is 17.9 Å². The van der Waals surface area contributed by atoms with Crippen LogP contribution < -0.4 is 20.1 Å². The summed E-state index contributed by atoms with van der Waals surface area (Å²) in [6, 6.07) is 20.3. The first-order valence-corrected chi connectivity index (χ1v) is 12.5.